The van der Waals surface area contributed by atoms with Crippen LogP contribution in [0.5, 0.6) is 0 Å². The first kappa shape index (κ1) is 13.1. The Balaban J connectivity index is 2.20. The fraction of sp³-hybridized carbons (Fsp3) is 0.150. The second kappa shape index (κ2) is 4.70. The minimum Gasteiger partial charge on any atom is -0.455 e. The number of aromatic nitrogens is 1. The topological polar surface area (TPSA) is 17.0 Å². The van der Waals surface area contributed by atoms with Crippen LogP contribution in [-0.4, -0.2) is 0 Å². The molecule has 0 amide bonds. The fourth-order valence-electron chi connectivity index (χ4n) is 3.30. The number of nitrogens with zero attached hydrogens (tertiary/aromatic N) is 1. The minimum atomic E-state index is 0.945. The standard InChI is InChI=1S/C20H18NO/c1-13-10-11-16-15-8-4-5-9-17(15)22-20(16)18(13)19-14(2)7-6-12-21(19)3/h4-12H,1-3H3/q+1. The monoisotopic (exact) mass is 288 g/mol. The Morgan fingerprint density at radius 1 is 0.818 bits per heavy atom. The molecule has 2 heteroatoms. The van der Waals surface area contributed by atoms with Crippen molar-refractivity contribution >= 4 is 21.9 Å². The van der Waals surface area contributed by atoms with Crippen molar-refractivity contribution in [2.24, 2.45) is 7.05 Å². The molecule has 2 aromatic carbocycles. The summed E-state index contributed by atoms with van der Waals surface area (Å²) in [6, 6.07) is 16.8. The van der Waals surface area contributed by atoms with Gasteiger partial charge in [0.25, 0.3) is 0 Å². The van der Waals surface area contributed by atoms with Crippen molar-refractivity contribution in [2.75, 3.05) is 0 Å². The molecule has 2 aromatic heterocycles. The summed E-state index contributed by atoms with van der Waals surface area (Å²) in [5.41, 5.74) is 6.81. The zero-order valence-electron chi connectivity index (χ0n) is 13.1. The van der Waals surface area contributed by atoms with Crippen LogP contribution in [0, 0.1) is 13.8 Å². The average Bonchev–Trinajstić information content (AvgIpc) is 2.87. The van der Waals surface area contributed by atoms with Gasteiger partial charge in [-0.25, -0.2) is 4.57 Å². The maximum Gasteiger partial charge on any atom is 0.219 e. The summed E-state index contributed by atoms with van der Waals surface area (Å²) >= 11 is 0. The van der Waals surface area contributed by atoms with Crippen molar-refractivity contribution in [3.05, 3.63) is 65.9 Å². The third-order valence-corrected chi connectivity index (χ3v) is 4.37. The van der Waals surface area contributed by atoms with E-state index in [1.54, 1.807) is 0 Å². The van der Waals surface area contributed by atoms with Gasteiger partial charge in [-0.1, -0.05) is 30.3 Å². The summed E-state index contributed by atoms with van der Waals surface area (Å²) in [7, 11) is 2.09. The van der Waals surface area contributed by atoms with Gasteiger partial charge in [0.2, 0.25) is 5.69 Å². The minimum absolute atomic E-state index is 0.945. The van der Waals surface area contributed by atoms with E-state index in [-0.39, 0.29) is 0 Å². The van der Waals surface area contributed by atoms with Gasteiger partial charge in [-0.2, -0.15) is 0 Å². The van der Waals surface area contributed by atoms with Crippen molar-refractivity contribution in [1.29, 1.82) is 0 Å². The number of fused-ring (bicyclic) bond motifs is 3. The van der Waals surface area contributed by atoms with Gasteiger partial charge in [-0.05, 0) is 31.5 Å². The summed E-state index contributed by atoms with van der Waals surface area (Å²) in [6.07, 6.45) is 2.09. The first-order valence-electron chi connectivity index (χ1n) is 7.53. The molecular weight excluding hydrogens is 270 g/mol. The molecule has 0 aliphatic rings. The Labute approximate surface area is 129 Å². The average molecular weight is 288 g/mol. The number of hydrogen-bond donors (Lipinski definition) is 0. The molecule has 0 aliphatic carbocycles. The lowest BCUT2D eigenvalue weighted by molar-refractivity contribution is -0.660. The van der Waals surface area contributed by atoms with Gasteiger partial charge in [-0.3, -0.25) is 0 Å². The molecule has 2 heterocycles. The van der Waals surface area contributed by atoms with Crippen LogP contribution in [0.25, 0.3) is 33.2 Å². The number of benzene rings is 2. The van der Waals surface area contributed by atoms with E-state index in [0.29, 0.717) is 0 Å². The Bertz CT molecular complexity index is 991. The lowest BCUT2D eigenvalue weighted by Crippen LogP contribution is -2.31. The molecule has 0 bridgehead atoms. The molecule has 108 valence electrons. The molecule has 2 nitrogen and oxygen atoms in total. The van der Waals surface area contributed by atoms with Gasteiger partial charge in [0.05, 0.1) is 5.56 Å². The predicted molar refractivity (Wildman–Crippen MR) is 89.8 cm³/mol. The molecule has 0 saturated carbocycles. The number of pyridine rings is 1. The summed E-state index contributed by atoms with van der Waals surface area (Å²) in [6.45, 7) is 4.30. The van der Waals surface area contributed by atoms with E-state index >= 15 is 0 Å². The van der Waals surface area contributed by atoms with Gasteiger partial charge in [0.15, 0.2) is 6.20 Å². The SMILES string of the molecule is Cc1ccc2c(oc3ccccc32)c1-c1c(C)ccc[n+]1C. The molecule has 0 atom stereocenters. The van der Waals surface area contributed by atoms with Crippen LogP contribution >= 0.6 is 0 Å². The first-order chi connectivity index (χ1) is 10.7. The van der Waals surface area contributed by atoms with Crippen LogP contribution in [0.15, 0.2) is 59.1 Å². The molecular formula is C20H18NO+. The van der Waals surface area contributed by atoms with Crippen molar-refractivity contribution < 1.29 is 8.98 Å². The van der Waals surface area contributed by atoms with Gasteiger partial charge in [0.1, 0.15) is 18.2 Å². The maximum absolute atomic E-state index is 6.22. The van der Waals surface area contributed by atoms with E-state index in [9.17, 15) is 0 Å². The summed E-state index contributed by atoms with van der Waals surface area (Å²) in [5.74, 6) is 0. The Morgan fingerprint density at radius 3 is 2.45 bits per heavy atom. The zero-order chi connectivity index (χ0) is 15.3. The van der Waals surface area contributed by atoms with Crippen molar-refractivity contribution in [3.8, 4) is 11.3 Å². The van der Waals surface area contributed by atoms with Crippen molar-refractivity contribution in [1.82, 2.24) is 0 Å². The molecule has 0 N–H and O–H groups in total. The molecule has 4 aromatic rings. The molecule has 0 saturated heterocycles. The quantitative estimate of drug-likeness (QED) is 0.464. The van der Waals surface area contributed by atoms with E-state index in [1.165, 1.54) is 33.2 Å². The largest absolute Gasteiger partial charge is 0.455 e. The van der Waals surface area contributed by atoms with E-state index in [2.05, 4.69) is 68.1 Å². The van der Waals surface area contributed by atoms with Crippen molar-refractivity contribution in [2.45, 2.75) is 13.8 Å². The highest BCUT2D eigenvalue weighted by molar-refractivity contribution is 6.09. The third kappa shape index (κ3) is 1.77. The van der Waals surface area contributed by atoms with E-state index in [0.717, 1.165) is 11.2 Å². The lowest BCUT2D eigenvalue weighted by Gasteiger charge is -2.07. The number of furan rings is 1. The molecule has 22 heavy (non-hydrogen) atoms. The highest BCUT2D eigenvalue weighted by Gasteiger charge is 2.21. The molecule has 4 rings (SSSR count). The normalized spacial score (nSPS) is 11.4. The number of aryl methyl sites for hydroxylation is 3. The van der Waals surface area contributed by atoms with Gasteiger partial charge >= 0.3 is 0 Å². The lowest BCUT2D eigenvalue weighted by atomic mass is 9.98. The zero-order valence-corrected chi connectivity index (χ0v) is 13.1. The molecule has 0 aliphatic heterocycles. The summed E-state index contributed by atoms with van der Waals surface area (Å²) in [5, 5.41) is 2.36. The Morgan fingerprint density at radius 2 is 1.64 bits per heavy atom. The number of para-hydroxylation sites is 1. The first-order valence-corrected chi connectivity index (χ1v) is 7.53. The predicted octanol–water partition coefficient (Wildman–Crippen LogP) is 4.69. The highest BCUT2D eigenvalue weighted by atomic mass is 16.3. The van der Waals surface area contributed by atoms with Crippen LogP contribution in [0.3, 0.4) is 0 Å². The fourth-order valence-corrected chi connectivity index (χ4v) is 3.30. The van der Waals surface area contributed by atoms with Gasteiger partial charge < -0.3 is 4.42 Å². The van der Waals surface area contributed by atoms with Crippen molar-refractivity contribution in [3.63, 3.8) is 0 Å². The van der Waals surface area contributed by atoms with Crippen LogP contribution in [0.4, 0.5) is 0 Å². The number of rotatable bonds is 1. The second-order valence-corrected chi connectivity index (χ2v) is 5.88. The van der Waals surface area contributed by atoms with E-state index in [1.807, 2.05) is 12.1 Å². The highest BCUT2D eigenvalue weighted by Crippen LogP contribution is 2.37. The Kier molecular flexibility index (Phi) is 2.80. The third-order valence-electron chi connectivity index (χ3n) is 4.37. The van der Waals surface area contributed by atoms with E-state index in [4.69, 9.17) is 4.42 Å². The molecule has 0 spiro atoms. The smallest absolute Gasteiger partial charge is 0.219 e. The van der Waals surface area contributed by atoms with E-state index < -0.39 is 0 Å². The summed E-state index contributed by atoms with van der Waals surface area (Å²) < 4.78 is 8.39. The van der Waals surface area contributed by atoms with Crippen LogP contribution in [0.1, 0.15) is 11.1 Å². The Hall–Kier alpha value is -2.61. The second-order valence-electron chi connectivity index (χ2n) is 5.88. The molecule has 0 unspecified atom stereocenters. The van der Waals surface area contributed by atoms with Gasteiger partial charge in [-0.15, -0.1) is 0 Å². The van der Waals surface area contributed by atoms with Crippen LogP contribution in [-0.2, 0) is 7.05 Å². The summed E-state index contributed by atoms with van der Waals surface area (Å²) in [4.78, 5) is 0. The number of hydrogen-bond acceptors (Lipinski definition) is 1. The van der Waals surface area contributed by atoms with Gasteiger partial charge in [0, 0.05) is 22.4 Å². The van der Waals surface area contributed by atoms with Crippen LogP contribution in [0.2, 0.25) is 0 Å². The molecule has 0 fully saturated rings. The van der Waals surface area contributed by atoms with Crippen LogP contribution < -0.4 is 4.57 Å². The molecule has 0 radical (unpaired) electrons. The maximum atomic E-state index is 6.22.